The largest absolute Gasteiger partial charge is 0.466 e. The van der Waals surface area contributed by atoms with Crippen molar-refractivity contribution in [2.45, 2.75) is 488 Å². The number of aliphatic hydroxyl groups excluding tert-OH is 2. The van der Waals surface area contributed by atoms with Gasteiger partial charge in [-0.3, -0.25) is 9.59 Å². The van der Waals surface area contributed by atoms with Crippen LogP contribution in [0.4, 0.5) is 0 Å². The second-order valence-corrected chi connectivity index (χ2v) is 28.8. The maximum Gasteiger partial charge on any atom is 0.305 e. The number of nitrogens with one attached hydrogen (secondary N) is 1. The monoisotopic (exact) mass is 1270 g/mol. The van der Waals surface area contributed by atoms with Crippen LogP contribution < -0.4 is 5.32 Å². The quantitative estimate of drug-likeness (QED) is 0.0320. The zero-order chi connectivity index (χ0) is 64.9. The predicted molar refractivity (Wildman–Crippen MR) is 398 cm³/mol. The normalized spacial score (nSPS) is 12.5. The number of esters is 1. The Morgan fingerprint density at radius 1 is 0.300 bits per heavy atom. The lowest BCUT2D eigenvalue weighted by Gasteiger charge is -2.20. The summed E-state index contributed by atoms with van der Waals surface area (Å²) in [6.45, 7) is 4.96. The average molecular weight is 1270 g/mol. The number of amides is 1. The van der Waals surface area contributed by atoms with Crippen LogP contribution in [-0.4, -0.2) is 47.4 Å². The van der Waals surface area contributed by atoms with Gasteiger partial charge in [0.05, 0.1) is 25.4 Å². The summed E-state index contributed by atoms with van der Waals surface area (Å²) >= 11 is 0. The van der Waals surface area contributed by atoms with Gasteiger partial charge in [0.2, 0.25) is 5.91 Å². The number of hydrogen-bond acceptors (Lipinski definition) is 5. The van der Waals surface area contributed by atoms with Crippen molar-refractivity contribution in [1.29, 1.82) is 0 Å². The third-order valence-electron chi connectivity index (χ3n) is 19.7. The van der Waals surface area contributed by atoms with Crippen LogP contribution in [0.3, 0.4) is 0 Å². The molecule has 0 aliphatic carbocycles. The van der Waals surface area contributed by atoms with Gasteiger partial charge in [-0.25, -0.2) is 0 Å². The molecule has 90 heavy (non-hydrogen) atoms. The Balaban J connectivity index is 3.33. The lowest BCUT2D eigenvalue weighted by atomic mass is 10.0. The molecule has 2 unspecified atom stereocenters. The molecule has 0 bridgehead atoms. The lowest BCUT2D eigenvalue weighted by Crippen LogP contribution is -2.45. The molecule has 0 fully saturated rings. The lowest BCUT2D eigenvalue weighted by molar-refractivity contribution is -0.143. The summed E-state index contributed by atoms with van der Waals surface area (Å²) in [7, 11) is 0. The Bertz CT molecular complexity index is 1410. The van der Waals surface area contributed by atoms with Crippen LogP contribution in [0.1, 0.15) is 476 Å². The van der Waals surface area contributed by atoms with E-state index in [-0.39, 0.29) is 18.5 Å². The molecule has 0 saturated heterocycles. The third-order valence-corrected chi connectivity index (χ3v) is 19.7. The topological polar surface area (TPSA) is 95.9 Å². The van der Waals surface area contributed by atoms with Gasteiger partial charge in [0.15, 0.2) is 0 Å². The number of allylic oxidation sites excluding steroid dienone is 3. The van der Waals surface area contributed by atoms with E-state index in [9.17, 15) is 19.8 Å². The molecule has 0 aromatic heterocycles. The van der Waals surface area contributed by atoms with Crippen molar-refractivity contribution >= 4 is 11.9 Å². The highest BCUT2D eigenvalue weighted by Gasteiger charge is 2.18. The van der Waals surface area contributed by atoms with E-state index in [0.717, 1.165) is 38.5 Å². The van der Waals surface area contributed by atoms with E-state index < -0.39 is 12.1 Å². The summed E-state index contributed by atoms with van der Waals surface area (Å²) in [6.07, 6.45) is 103. The molecule has 0 aromatic rings. The van der Waals surface area contributed by atoms with E-state index in [2.05, 4.69) is 31.3 Å². The molecule has 0 saturated carbocycles. The van der Waals surface area contributed by atoms with E-state index in [4.69, 9.17) is 4.74 Å². The summed E-state index contributed by atoms with van der Waals surface area (Å²) < 4.78 is 5.51. The molecule has 0 rings (SSSR count). The fourth-order valence-electron chi connectivity index (χ4n) is 13.4. The molecule has 3 N–H and O–H groups in total. The van der Waals surface area contributed by atoms with Crippen LogP contribution in [0, 0.1) is 0 Å². The second-order valence-electron chi connectivity index (χ2n) is 28.8. The molecule has 2 atom stereocenters. The average Bonchev–Trinajstić information content (AvgIpc) is 3.59. The van der Waals surface area contributed by atoms with Crippen molar-refractivity contribution < 1.29 is 24.5 Å². The van der Waals surface area contributed by atoms with Crippen LogP contribution in [0.25, 0.3) is 0 Å². The smallest absolute Gasteiger partial charge is 0.305 e. The van der Waals surface area contributed by atoms with Gasteiger partial charge in [-0.1, -0.05) is 430 Å². The van der Waals surface area contributed by atoms with Crippen LogP contribution in [0.2, 0.25) is 0 Å². The van der Waals surface area contributed by atoms with E-state index in [1.165, 1.54) is 411 Å². The molecular weight excluding hydrogens is 1100 g/mol. The fraction of sp³-hybridized carbons (Fsp3) is 0.929. The van der Waals surface area contributed by atoms with Crippen LogP contribution in [-0.2, 0) is 14.3 Å². The predicted octanol–water partition coefficient (Wildman–Crippen LogP) is 27.6. The molecule has 0 radical (unpaired) electrons. The Morgan fingerprint density at radius 2 is 0.522 bits per heavy atom. The molecule has 0 heterocycles. The molecule has 0 spiro atoms. The molecule has 6 heteroatoms. The van der Waals surface area contributed by atoms with Gasteiger partial charge in [0.1, 0.15) is 0 Å². The van der Waals surface area contributed by atoms with Crippen molar-refractivity contribution in [1.82, 2.24) is 5.32 Å². The standard InChI is InChI=1S/C84H163NO5/c1-3-5-7-9-11-13-15-17-19-21-45-48-52-56-60-64-68-72-76-82(87)81(80-86)85-83(88)77-73-69-65-61-57-53-49-46-43-41-39-37-35-33-31-29-27-25-23-22-24-26-28-30-32-34-36-38-40-42-44-47-51-55-59-63-67-71-75-79-90-84(89)78-74-70-66-62-58-54-50-20-18-16-14-12-10-8-6-4-2/h22-23,72,76,81-82,86-87H,3-21,24-71,73-75,77-80H2,1-2H3,(H,85,88)/b23-22-,76-72+. The highest BCUT2D eigenvalue weighted by Crippen LogP contribution is 2.20. The van der Waals surface area contributed by atoms with Gasteiger partial charge >= 0.3 is 5.97 Å². The number of unbranched alkanes of at least 4 members (excludes halogenated alkanes) is 66. The summed E-state index contributed by atoms with van der Waals surface area (Å²) in [5.74, 6) is -0.0325. The highest BCUT2D eigenvalue weighted by atomic mass is 16.5. The number of aliphatic hydroxyl groups is 2. The molecule has 6 nitrogen and oxygen atoms in total. The van der Waals surface area contributed by atoms with E-state index in [1.54, 1.807) is 6.08 Å². The van der Waals surface area contributed by atoms with E-state index in [1.807, 2.05) is 6.08 Å². The Hall–Kier alpha value is -1.66. The van der Waals surface area contributed by atoms with Gasteiger partial charge in [0.25, 0.3) is 0 Å². The van der Waals surface area contributed by atoms with Crippen molar-refractivity contribution in [2.75, 3.05) is 13.2 Å². The van der Waals surface area contributed by atoms with E-state index in [0.29, 0.717) is 19.4 Å². The summed E-state index contributed by atoms with van der Waals surface area (Å²) in [4.78, 5) is 24.6. The van der Waals surface area contributed by atoms with Gasteiger partial charge < -0.3 is 20.3 Å². The zero-order valence-electron chi connectivity index (χ0n) is 61.4. The molecule has 1 amide bonds. The second kappa shape index (κ2) is 79.8. The molecule has 0 aliphatic rings. The summed E-state index contributed by atoms with van der Waals surface area (Å²) in [6, 6.07) is -0.625. The van der Waals surface area contributed by atoms with Crippen LogP contribution >= 0.6 is 0 Å². The number of carbonyl (C=O) groups excluding carboxylic acids is 2. The number of carbonyl (C=O) groups is 2. The minimum absolute atomic E-state index is 0.0268. The van der Waals surface area contributed by atoms with Gasteiger partial charge in [-0.15, -0.1) is 0 Å². The van der Waals surface area contributed by atoms with Crippen molar-refractivity contribution in [2.24, 2.45) is 0 Å². The SMILES string of the molecule is CCCCCCCCCCCCCCCCCC/C=C/C(O)C(CO)NC(=O)CCCCCCCCCCCCCCCCCCC/C=C\CCCCCCCCCCCCCCCCCCCCOC(=O)CCCCCCCCCCCCCCCCCC. The molecule has 0 aliphatic heterocycles. The maximum atomic E-state index is 12.5. The first-order chi connectivity index (χ1) is 44.5. The van der Waals surface area contributed by atoms with Crippen molar-refractivity contribution in [3.63, 3.8) is 0 Å². The fourth-order valence-corrected chi connectivity index (χ4v) is 13.4. The first-order valence-electron chi connectivity index (χ1n) is 41.6. The Morgan fingerprint density at radius 3 is 0.789 bits per heavy atom. The molecular formula is C84H163NO5. The van der Waals surface area contributed by atoms with Gasteiger partial charge in [-0.05, 0) is 57.8 Å². The first kappa shape index (κ1) is 88.3. The van der Waals surface area contributed by atoms with E-state index >= 15 is 0 Å². The number of hydrogen-bond donors (Lipinski definition) is 3. The van der Waals surface area contributed by atoms with Gasteiger partial charge in [0, 0.05) is 12.8 Å². The van der Waals surface area contributed by atoms with Crippen molar-refractivity contribution in [3.8, 4) is 0 Å². The number of rotatable bonds is 79. The molecule has 534 valence electrons. The summed E-state index contributed by atoms with van der Waals surface area (Å²) in [5.41, 5.74) is 0. The van der Waals surface area contributed by atoms with Gasteiger partial charge in [-0.2, -0.15) is 0 Å². The minimum Gasteiger partial charge on any atom is -0.466 e. The number of ether oxygens (including phenoxy) is 1. The minimum atomic E-state index is -0.842. The Labute approximate surface area is 564 Å². The summed E-state index contributed by atoms with van der Waals surface area (Å²) in [5, 5.41) is 23.3. The zero-order valence-corrected chi connectivity index (χ0v) is 61.4. The first-order valence-corrected chi connectivity index (χ1v) is 41.6. The van der Waals surface area contributed by atoms with Crippen molar-refractivity contribution in [3.05, 3.63) is 24.3 Å². The van der Waals surface area contributed by atoms with Crippen LogP contribution in [0.15, 0.2) is 24.3 Å². The van der Waals surface area contributed by atoms with Crippen LogP contribution in [0.5, 0.6) is 0 Å². The third kappa shape index (κ3) is 75.4. The highest BCUT2D eigenvalue weighted by molar-refractivity contribution is 5.76. The molecule has 0 aromatic carbocycles. The Kier molecular flexibility index (Phi) is 78.3. The maximum absolute atomic E-state index is 12.5.